The lowest BCUT2D eigenvalue weighted by atomic mass is 9.87. The molecule has 0 saturated heterocycles. The van der Waals surface area contributed by atoms with Crippen molar-refractivity contribution in [2.45, 2.75) is 26.8 Å². The van der Waals surface area contributed by atoms with Gasteiger partial charge in [-0.3, -0.25) is 4.79 Å². The maximum atomic E-state index is 12.1. The number of carbonyl (C=O) groups excluding carboxylic acids is 1. The first-order chi connectivity index (χ1) is 9.79. The molecule has 0 aliphatic rings. The van der Waals surface area contributed by atoms with Crippen LogP contribution < -0.4 is 5.32 Å². The molecule has 0 spiro atoms. The highest BCUT2D eigenvalue weighted by molar-refractivity contribution is 7.13. The maximum absolute atomic E-state index is 12.1. The topological polar surface area (TPSA) is 92.4 Å². The fourth-order valence-electron chi connectivity index (χ4n) is 1.75. The molecule has 0 aromatic carbocycles. The number of thiazole rings is 1. The van der Waals surface area contributed by atoms with Crippen molar-refractivity contribution in [3.05, 3.63) is 29.5 Å². The van der Waals surface area contributed by atoms with E-state index in [0.717, 1.165) is 0 Å². The molecule has 21 heavy (non-hydrogen) atoms. The van der Waals surface area contributed by atoms with Crippen LogP contribution in [0.2, 0.25) is 0 Å². The van der Waals surface area contributed by atoms with Gasteiger partial charge in [-0.05, 0) is 17.5 Å². The predicted molar refractivity (Wildman–Crippen MR) is 78.2 cm³/mol. The van der Waals surface area contributed by atoms with Gasteiger partial charge in [0.15, 0.2) is 10.8 Å². The van der Waals surface area contributed by atoms with Crippen molar-refractivity contribution in [2.24, 2.45) is 5.41 Å². The van der Waals surface area contributed by atoms with Crippen molar-refractivity contribution in [2.75, 3.05) is 0 Å². The zero-order valence-electron chi connectivity index (χ0n) is 11.9. The standard InChI is InChI=1S/C14H16N2O4S/c1-14(2,3)10(13(18)19)16-11(17)8-7-21-12(15-8)9-5-4-6-20-9/h4-7,10H,1-3H3,(H,16,17)(H,18,19)/t10-/m1/s1. The van der Waals surface area contributed by atoms with E-state index >= 15 is 0 Å². The number of hydrogen-bond donors (Lipinski definition) is 2. The summed E-state index contributed by atoms with van der Waals surface area (Å²) in [6.07, 6.45) is 1.52. The molecular formula is C14H16N2O4S. The van der Waals surface area contributed by atoms with Crippen LogP contribution in [0.5, 0.6) is 0 Å². The first kappa shape index (κ1) is 15.2. The normalized spacial score (nSPS) is 12.9. The molecule has 0 unspecified atom stereocenters. The molecule has 112 valence electrons. The van der Waals surface area contributed by atoms with Gasteiger partial charge in [-0.15, -0.1) is 11.3 Å². The Morgan fingerprint density at radius 2 is 2.14 bits per heavy atom. The molecule has 0 aliphatic heterocycles. The number of hydrogen-bond acceptors (Lipinski definition) is 5. The Bertz CT molecular complexity index is 640. The molecule has 0 radical (unpaired) electrons. The zero-order chi connectivity index (χ0) is 15.6. The van der Waals surface area contributed by atoms with Crippen LogP contribution >= 0.6 is 11.3 Å². The molecule has 0 bridgehead atoms. The number of carbonyl (C=O) groups is 2. The van der Waals surface area contributed by atoms with E-state index in [4.69, 9.17) is 4.42 Å². The fraction of sp³-hybridized carbons (Fsp3) is 0.357. The minimum Gasteiger partial charge on any atom is -0.480 e. The van der Waals surface area contributed by atoms with Gasteiger partial charge in [0.25, 0.3) is 5.91 Å². The van der Waals surface area contributed by atoms with Crippen molar-refractivity contribution < 1.29 is 19.1 Å². The Labute approximate surface area is 125 Å². The highest BCUT2D eigenvalue weighted by Crippen LogP contribution is 2.24. The summed E-state index contributed by atoms with van der Waals surface area (Å²) in [6, 6.07) is 2.49. The third kappa shape index (κ3) is 3.49. The Morgan fingerprint density at radius 3 is 2.67 bits per heavy atom. The molecule has 2 heterocycles. The lowest BCUT2D eigenvalue weighted by Gasteiger charge is -2.27. The molecule has 1 amide bonds. The molecule has 7 heteroatoms. The van der Waals surface area contributed by atoms with Gasteiger partial charge in [0, 0.05) is 5.38 Å². The van der Waals surface area contributed by atoms with Crippen LogP contribution in [0.15, 0.2) is 28.2 Å². The maximum Gasteiger partial charge on any atom is 0.326 e. The number of amides is 1. The van der Waals surface area contributed by atoms with E-state index in [-0.39, 0.29) is 5.69 Å². The number of aliphatic carboxylic acids is 1. The molecular weight excluding hydrogens is 292 g/mol. The number of carboxylic acids is 1. The van der Waals surface area contributed by atoms with Gasteiger partial charge in [0.2, 0.25) is 0 Å². The van der Waals surface area contributed by atoms with Crippen LogP contribution in [0.1, 0.15) is 31.3 Å². The number of nitrogens with one attached hydrogen (secondary N) is 1. The molecule has 6 nitrogen and oxygen atoms in total. The lowest BCUT2D eigenvalue weighted by molar-refractivity contribution is -0.142. The van der Waals surface area contributed by atoms with E-state index in [9.17, 15) is 14.7 Å². The first-order valence-electron chi connectivity index (χ1n) is 6.32. The van der Waals surface area contributed by atoms with Gasteiger partial charge < -0.3 is 14.8 Å². The number of nitrogens with zero attached hydrogens (tertiary/aromatic N) is 1. The molecule has 2 aromatic rings. The largest absolute Gasteiger partial charge is 0.480 e. The van der Waals surface area contributed by atoms with Gasteiger partial charge in [0.1, 0.15) is 11.7 Å². The van der Waals surface area contributed by atoms with Gasteiger partial charge >= 0.3 is 5.97 Å². The smallest absolute Gasteiger partial charge is 0.326 e. The minimum absolute atomic E-state index is 0.182. The second-order valence-electron chi connectivity index (χ2n) is 5.63. The molecule has 2 rings (SSSR count). The third-order valence-electron chi connectivity index (χ3n) is 2.86. The minimum atomic E-state index is -1.07. The molecule has 1 atom stereocenters. The second-order valence-corrected chi connectivity index (χ2v) is 6.48. The summed E-state index contributed by atoms with van der Waals surface area (Å²) in [5.41, 5.74) is -0.414. The van der Waals surface area contributed by atoms with Gasteiger partial charge in [-0.1, -0.05) is 20.8 Å². The van der Waals surface area contributed by atoms with Crippen LogP contribution in [0.25, 0.3) is 10.8 Å². The van der Waals surface area contributed by atoms with Crippen LogP contribution in [0.4, 0.5) is 0 Å². The molecule has 0 saturated carbocycles. The van der Waals surface area contributed by atoms with Crippen LogP contribution in [0, 0.1) is 5.41 Å². The van der Waals surface area contributed by atoms with Crippen LogP contribution in [-0.4, -0.2) is 28.0 Å². The van der Waals surface area contributed by atoms with Crippen LogP contribution in [0.3, 0.4) is 0 Å². The van der Waals surface area contributed by atoms with Crippen molar-refractivity contribution in [1.29, 1.82) is 0 Å². The fourth-order valence-corrected chi connectivity index (χ4v) is 2.51. The highest BCUT2D eigenvalue weighted by atomic mass is 32.1. The SMILES string of the molecule is CC(C)(C)[C@H](NC(=O)c1csc(-c2ccco2)n1)C(=O)O. The molecule has 2 N–H and O–H groups in total. The average molecular weight is 308 g/mol. The average Bonchev–Trinajstić information content (AvgIpc) is 3.03. The monoisotopic (exact) mass is 308 g/mol. The van der Waals surface area contributed by atoms with Crippen LogP contribution in [-0.2, 0) is 4.79 Å². The third-order valence-corrected chi connectivity index (χ3v) is 3.71. The second kappa shape index (κ2) is 5.69. The van der Waals surface area contributed by atoms with E-state index in [0.29, 0.717) is 10.8 Å². The lowest BCUT2D eigenvalue weighted by Crippen LogP contribution is -2.49. The summed E-state index contributed by atoms with van der Waals surface area (Å²) in [7, 11) is 0. The summed E-state index contributed by atoms with van der Waals surface area (Å²) in [5.74, 6) is -1.01. The summed E-state index contributed by atoms with van der Waals surface area (Å²) >= 11 is 1.27. The summed E-state index contributed by atoms with van der Waals surface area (Å²) in [4.78, 5) is 27.6. The number of furan rings is 1. The predicted octanol–water partition coefficient (Wildman–Crippen LogP) is 2.63. The quantitative estimate of drug-likeness (QED) is 0.905. The highest BCUT2D eigenvalue weighted by Gasteiger charge is 2.33. The van der Waals surface area contributed by atoms with E-state index < -0.39 is 23.3 Å². The van der Waals surface area contributed by atoms with E-state index in [1.165, 1.54) is 17.6 Å². The van der Waals surface area contributed by atoms with Crippen molar-refractivity contribution in [1.82, 2.24) is 10.3 Å². The number of rotatable bonds is 4. The van der Waals surface area contributed by atoms with E-state index in [1.807, 2.05) is 0 Å². The molecule has 2 aromatic heterocycles. The van der Waals surface area contributed by atoms with Crippen molar-refractivity contribution >= 4 is 23.2 Å². The van der Waals surface area contributed by atoms with E-state index in [1.54, 1.807) is 38.3 Å². The van der Waals surface area contributed by atoms with Gasteiger partial charge in [-0.25, -0.2) is 9.78 Å². The first-order valence-corrected chi connectivity index (χ1v) is 7.20. The Hall–Kier alpha value is -2.15. The Balaban J connectivity index is 2.15. The van der Waals surface area contributed by atoms with Gasteiger partial charge in [0.05, 0.1) is 6.26 Å². The molecule has 0 aliphatic carbocycles. The van der Waals surface area contributed by atoms with E-state index in [2.05, 4.69) is 10.3 Å². The Kier molecular flexibility index (Phi) is 4.13. The zero-order valence-corrected chi connectivity index (χ0v) is 12.7. The van der Waals surface area contributed by atoms with Gasteiger partial charge in [-0.2, -0.15) is 0 Å². The van der Waals surface area contributed by atoms with Crippen molar-refractivity contribution in [3.8, 4) is 10.8 Å². The Morgan fingerprint density at radius 1 is 1.43 bits per heavy atom. The summed E-state index contributed by atoms with van der Waals surface area (Å²) < 4.78 is 5.21. The van der Waals surface area contributed by atoms with Crippen molar-refractivity contribution in [3.63, 3.8) is 0 Å². The summed E-state index contributed by atoms with van der Waals surface area (Å²) in [6.45, 7) is 5.25. The summed E-state index contributed by atoms with van der Waals surface area (Å²) in [5, 5.41) is 13.9. The number of carboxylic acid groups (broad SMARTS) is 1. The number of aromatic nitrogens is 1. The molecule has 0 fully saturated rings.